The van der Waals surface area contributed by atoms with Gasteiger partial charge in [-0.25, -0.2) is 0 Å². The minimum atomic E-state index is -1.59. The van der Waals surface area contributed by atoms with E-state index in [4.69, 9.17) is 58.0 Å². The van der Waals surface area contributed by atoms with E-state index in [-0.39, 0.29) is 0 Å². The third-order valence-corrected chi connectivity index (χ3v) is 1.97. The van der Waals surface area contributed by atoms with Crippen molar-refractivity contribution in [1.29, 1.82) is 0 Å². The van der Waals surface area contributed by atoms with Crippen molar-refractivity contribution in [1.82, 2.24) is 0 Å². The van der Waals surface area contributed by atoms with Gasteiger partial charge >= 0.3 is 0 Å². The van der Waals surface area contributed by atoms with Gasteiger partial charge in [0.15, 0.2) is 5.50 Å². The summed E-state index contributed by atoms with van der Waals surface area (Å²) < 4.78 is -1.59. The Balaban J connectivity index is 3.88. The molecule has 0 aliphatic rings. The highest BCUT2D eigenvalue weighted by atomic mass is 35.6. The zero-order valence-corrected chi connectivity index (χ0v) is 7.77. The molecule has 0 fully saturated rings. The lowest BCUT2D eigenvalue weighted by atomic mass is 10.7. The number of halogens is 5. The molecule has 1 atom stereocenters. The highest BCUT2D eigenvalue weighted by Gasteiger charge is 2.29. The second kappa shape index (κ2) is 4.09. The third kappa shape index (κ3) is 4.51. The van der Waals surface area contributed by atoms with Crippen LogP contribution >= 0.6 is 58.0 Å². The smallest absolute Gasteiger partial charge is 0.226 e. The standard InChI is InChI=1S/C3H2Cl5N/c4-1-9-2(5)3(6,7)8/h1-2H. The van der Waals surface area contributed by atoms with Crippen LogP contribution in [-0.4, -0.2) is 15.0 Å². The maximum Gasteiger partial charge on any atom is 0.226 e. The molecule has 0 saturated carbocycles. The lowest BCUT2D eigenvalue weighted by Crippen LogP contribution is -2.16. The molecule has 0 N–H and O–H groups in total. The zero-order valence-electron chi connectivity index (χ0n) is 3.99. The van der Waals surface area contributed by atoms with Crippen molar-refractivity contribution < 1.29 is 0 Å². The number of aliphatic imine (C=N–C) groups is 1. The molecular weight excluding hydrogens is 227 g/mol. The molecule has 0 aliphatic heterocycles. The number of hydrogen-bond donors (Lipinski definition) is 0. The Morgan fingerprint density at radius 2 is 1.78 bits per heavy atom. The van der Waals surface area contributed by atoms with E-state index in [1.807, 2.05) is 0 Å². The van der Waals surface area contributed by atoms with E-state index in [0.29, 0.717) is 0 Å². The van der Waals surface area contributed by atoms with E-state index in [1.165, 1.54) is 0 Å². The highest BCUT2D eigenvalue weighted by Crippen LogP contribution is 2.34. The SMILES string of the molecule is ClC=NC(Cl)C(Cl)(Cl)Cl. The van der Waals surface area contributed by atoms with Crippen molar-refractivity contribution in [2.45, 2.75) is 9.29 Å². The summed E-state index contributed by atoms with van der Waals surface area (Å²) in [7, 11) is 0. The van der Waals surface area contributed by atoms with Gasteiger partial charge in [-0.15, -0.1) is 0 Å². The van der Waals surface area contributed by atoms with Crippen LogP contribution in [0.1, 0.15) is 0 Å². The van der Waals surface area contributed by atoms with Crippen LogP contribution in [0.3, 0.4) is 0 Å². The second-order valence-electron chi connectivity index (χ2n) is 1.12. The fourth-order valence-corrected chi connectivity index (χ4v) is 0.530. The molecule has 0 heterocycles. The first-order valence-corrected chi connectivity index (χ1v) is 3.82. The van der Waals surface area contributed by atoms with Gasteiger partial charge in [0.25, 0.3) is 0 Å². The molecule has 9 heavy (non-hydrogen) atoms. The third-order valence-electron chi connectivity index (χ3n) is 0.457. The van der Waals surface area contributed by atoms with Crippen molar-refractivity contribution in [3.63, 3.8) is 0 Å². The summed E-state index contributed by atoms with van der Waals surface area (Å²) in [5.74, 6) is 0. The Kier molecular flexibility index (Phi) is 4.60. The van der Waals surface area contributed by atoms with E-state index in [1.54, 1.807) is 0 Å². The second-order valence-corrected chi connectivity index (χ2v) is 4.10. The molecule has 0 spiro atoms. The van der Waals surface area contributed by atoms with Crippen LogP contribution in [0.4, 0.5) is 0 Å². The maximum absolute atomic E-state index is 5.38. The maximum atomic E-state index is 5.38. The quantitative estimate of drug-likeness (QED) is 0.372. The molecule has 6 heteroatoms. The molecule has 1 unspecified atom stereocenters. The molecule has 0 bridgehead atoms. The monoisotopic (exact) mass is 227 g/mol. The van der Waals surface area contributed by atoms with Crippen LogP contribution in [0.2, 0.25) is 0 Å². The average molecular weight is 229 g/mol. The number of hydrogen-bond acceptors (Lipinski definition) is 1. The minimum absolute atomic E-state index is 0.931. The fraction of sp³-hybridized carbons (Fsp3) is 0.667. The molecule has 0 aromatic heterocycles. The van der Waals surface area contributed by atoms with E-state index in [9.17, 15) is 0 Å². The molecule has 0 aliphatic carbocycles. The first kappa shape index (κ1) is 10.1. The summed E-state index contributed by atoms with van der Waals surface area (Å²) >= 11 is 26.3. The molecule has 0 aromatic rings. The van der Waals surface area contributed by atoms with E-state index >= 15 is 0 Å². The molecule has 54 valence electrons. The lowest BCUT2D eigenvalue weighted by Gasteiger charge is -2.11. The van der Waals surface area contributed by atoms with E-state index in [0.717, 1.165) is 5.67 Å². The van der Waals surface area contributed by atoms with Crippen molar-refractivity contribution >= 4 is 63.7 Å². The summed E-state index contributed by atoms with van der Waals surface area (Å²) in [6.45, 7) is 0. The van der Waals surface area contributed by atoms with Crippen LogP contribution in [-0.2, 0) is 0 Å². The summed E-state index contributed by atoms with van der Waals surface area (Å²) in [6.07, 6.45) is 0. The summed E-state index contributed by atoms with van der Waals surface area (Å²) in [5.41, 5.74) is 0.0273. The molecule has 0 rings (SSSR count). The van der Waals surface area contributed by atoms with Crippen molar-refractivity contribution in [2.24, 2.45) is 4.99 Å². The zero-order chi connectivity index (χ0) is 7.49. The molecular formula is C3H2Cl5N. The molecule has 0 aromatic carbocycles. The van der Waals surface area contributed by atoms with Gasteiger partial charge in [0.05, 0.1) is 5.67 Å². The Labute approximate surface area is 77.9 Å². The van der Waals surface area contributed by atoms with Crippen molar-refractivity contribution in [3.05, 3.63) is 0 Å². The topological polar surface area (TPSA) is 12.4 Å². The normalized spacial score (nSPS) is 16.6. The Morgan fingerprint density at radius 3 is 1.89 bits per heavy atom. The van der Waals surface area contributed by atoms with Gasteiger partial charge in [0.1, 0.15) is 0 Å². The Hall–Kier alpha value is 1.12. The number of rotatable bonds is 1. The first-order valence-electron chi connectivity index (χ1n) is 1.81. The van der Waals surface area contributed by atoms with Gasteiger partial charge in [0.2, 0.25) is 3.79 Å². The van der Waals surface area contributed by atoms with Crippen LogP contribution in [0.15, 0.2) is 4.99 Å². The van der Waals surface area contributed by atoms with Gasteiger partial charge in [-0.1, -0.05) is 58.0 Å². The Bertz CT molecular complexity index is 105. The molecule has 0 amide bonds. The number of nitrogens with zero attached hydrogens (tertiary/aromatic N) is 1. The van der Waals surface area contributed by atoms with E-state index in [2.05, 4.69) is 4.99 Å². The number of alkyl halides is 4. The predicted octanol–water partition coefficient (Wildman–Crippen LogP) is 3.19. The summed E-state index contributed by atoms with van der Waals surface area (Å²) in [4.78, 5) is 3.41. The van der Waals surface area contributed by atoms with Gasteiger partial charge in [-0.05, 0) is 0 Å². The minimum Gasteiger partial charge on any atom is -0.257 e. The van der Waals surface area contributed by atoms with Crippen molar-refractivity contribution in [2.75, 3.05) is 0 Å². The molecule has 0 radical (unpaired) electrons. The van der Waals surface area contributed by atoms with E-state index < -0.39 is 9.29 Å². The van der Waals surface area contributed by atoms with Crippen LogP contribution < -0.4 is 0 Å². The van der Waals surface area contributed by atoms with Gasteiger partial charge in [0, 0.05) is 0 Å². The van der Waals surface area contributed by atoms with Crippen molar-refractivity contribution in [3.8, 4) is 0 Å². The highest BCUT2D eigenvalue weighted by molar-refractivity contribution is 6.70. The van der Waals surface area contributed by atoms with Gasteiger partial charge in [-0.2, -0.15) is 0 Å². The predicted molar refractivity (Wildman–Crippen MR) is 44.3 cm³/mol. The van der Waals surface area contributed by atoms with Gasteiger partial charge < -0.3 is 0 Å². The molecule has 0 saturated heterocycles. The Morgan fingerprint density at radius 1 is 1.33 bits per heavy atom. The van der Waals surface area contributed by atoms with Crippen LogP contribution in [0.5, 0.6) is 0 Å². The summed E-state index contributed by atoms with van der Waals surface area (Å²) in [6, 6.07) is 0. The lowest BCUT2D eigenvalue weighted by molar-refractivity contribution is 0.943. The van der Waals surface area contributed by atoms with Gasteiger partial charge in [-0.3, -0.25) is 4.99 Å². The largest absolute Gasteiger partial charge is 0.257 e. The first-order chi connectivity index (χ1) is 3.98. The summed E-state index contributed by atoms with van der Waals surface area (Å²) in [5, 5.41) is 0. The fourth-order valence-electron chi connectivity index (χ4n) is 0.134. The average Bonchev–Trinajstić information content (AvgIpc) is 1.64. The molecule has 1 nitrogen and oxygen atoms in total. The van der Waals surface area contributed by atoms with Crippen LogP contribution in [0.25, 0.3) is 0 Å². The van der Waals surface area contributed by atoms with Crippen LogP contribution in [0, 0.1) is 0 Å².